The first-order valence-electron chi connectivity index (χ1n) is 9.89. The summed E-state index contributed by atoms with van der Waals surface area (Å²) in [5.74, 6) is 0.942. The lowest BCUT2D eigenvalue weighted by Gasteiger charge is -2.16. The molecule has 0 radical (unpaired) electrons. The van der Waals surface area contributed by atoms with Gasteiger partial charge in [0.1, 0.15) is 22.9 Å². The third-order valence-corrected chi connectivity index (χ3v) is 5.16. The maximum absolute atomic E-state index is 13.5. The summed E-state index contributed by atoms with van der Waals surface area (Å²) in [6.07, 6.45) is 0. The molecule has 0 saturated carbocycles. The van der Waals surface area contributed by atoms with Crippen molar-refractivity contribution in [1.29, 1.82) is 0 Å². The Morgan fingerprint density at radius 3 is 1.88 bits per heavy atom. The van der Waals surface area contributed by atoms with Gasteiger partial charge in [-0.15, -0.1) is 0 Å². The summed E-state index contributed by atoms with van der Waals surface area (Å²) < 4.78 is 15.8. The number of carbonyl (C=O) groups is 2. The standard InChI is InChI=1S/C25H22N2O5/c1-30-18-12-8-16(9-13-18)22-23(26-20-6-4-5-7-21(20)32-3)25(29)27(24(22)28)17-10-14-19(31-2)15-11-17/h4-15,26H,1-3H3. The maximum Gasteiger partial charge on any atom is 0.282 e. The van der Waals surface area contributed by atoms with E-state index in [0.29, 0.717) is 34.2 Å². The second-order valence-electron chi connectivity index (χ2n) is 6.95. The predicted octanol–water partition coefficient (Wildman–Crippen LogP) is 4.11. The molecule has 3 aromatic carbocycles. The van der Waals surface area contributed by atoms with Crippen molar-refractivity contribution < 1.29 is 23.8 Å². The molecule has 1 aliphatic rings. The summed E-state index contributed by atoms with van der Waals surface area (Å²) in [5.41, 5.74) is 2.05. The van der Waals surface area contributed by atoms with Crippen LogP contribution in [0.2, 0.25) is 0 Å². The molecule has 0 aliphatic carbocycles. The minimum absolute atomic E-state index is 0.167. The van der Waals surface area contributed by atoms with Gasteiger partial charge in [-0.2, -0.15) is 0 Å². The largest absolute Gasteiger partial charge is 0.497 e. The lowest BCUT2D eigenvalue weighted by atomic mass is 10.0. The van der Waals surface area contributed by atoms with Gasteiger partial charge < -0.3 is 19.5 Å². The number of nitrogens with zero attached hydrogens (tertiary/aromatic N) is 1. The zero-order valence-electron chi connectivity index (χ0n) is 17.9. The van der Waals surface area contributed by atoms with Crippen LogP contribution in [0.3, 0.4) is 0 Å². The molecule has 1 heterocycles. The molecule has 3 aromatic rings. The molecule has 0 fully saturated rings. The summed E-state index contributed by atoms with van der Waals surface area (Å²) in [5, 5.41) is 3.13. The fraction of sp³-hybridized carbons (Fsp3) is 0.120. The van der Waals surface area contributed by atoms with E-state index in [9.17, 15) is 9.59 Å². The molecule has 162 valence electrons. The molecule has 0 atom stereocenters. The minimum Gasteiger partial charge on any atom is -0.497 e. The Morgan fingerprint density at radius 2 is 1.28 bits per heavy atom. The van der Waals surface area contributed by atoms with E-state index in [4.69, 9.17) is 14.2 Å². The third-order valence-electron chi connectivity index (χ3n) is 5.16. The van der Waals surface area contributed by atoms with Gasteiger partial charge in [-0.3, -0.25) is 9.59 Å². The van der Waals surface area contributed by atoms with Crippen LogP contribution >= 0.6 is 0 Å². The number of anilines is 2. The zero-order chi connectivity index (χ0) is 22.7. The molecular weight excluding hydrogens is 408 g/mol. The molecule has 0 unspecified atom stereocenters. The molecule has 7 nitrogen and oxygen atoms in total. The van der Waals surface area contributed by atoms with Crippen molar-refractivity contribution in [2.45, 2.75) is 0 Å². The zero-order valence-corrected chi connectivity index (χ0v) is 17.9. The monoisotopic (exact) mass is 430 g/mol. The van der Waals surface area contributed by atoms with Gasteiger partial charge >= 0.3 is 0 Å². The fourth-order valence-corrected chi connectivity index (χ4v) is 3.52. The lowest BCUT2D eigenvalue weighted by Crippen LogP contribution is -2.32. The van der Waals surface area contributed by atoms with Crippen molar-refractivity contribution in [3.63, 3.8) is 0 Å². The smallest absolute Gasteiger partial charge is 0.282 e. The van der Waals surface area contributed by atoms with Crippen molar-refractivity contribution in [2.24, 2.45) is 0 Å². The number of nitrogens with one attached hydrogen (secondary N) is 1. The number of hydrogen-bond donors (Lipinski definition) is 1. The Hall–Kier alpha value is -4.26. The summed E-state index contributed by atoms with van der Waals surface area (Å²) in [4.78, 5) is 28.1. The first-order valence-corrected chi connectivity index (χ1v) is 9.89. The molecule has 1 N–H and O–H groups in total. The highest BCUT2D eigenvalue weighted by Gasteiger charge is 2.40. The van der Waals surface area contributed by atoms with Crippen molar-refractivity contribution in [2.75, 3.05) is 31.5 Å². The molecule has 0 spiro atoms. The summed E-state index contributed by atoms with van der Waals surface area (Å²) in [6, 6.07) is 21.0. The molecule has 0 saturated heterocycles. The van der Waals surface area contributed by atoms with Crippen LogP contribution in [0.15, 0.2) is 78.5 Å². The van der Waals surface area contributed by atoms with Crippen LogP contribution < -0.4 is 24.4 Å². The van der Waals surface area contributed by atoms with E-state index in [1.54, 1.807) is 82.0 Å². The van der Waals surface area contributed by atoms with E-state index in [1.807, 2.05) is 12.1 Å². The number of para-hydroxylation sites is 2. The second kappa shape index (κ2) is 8.85. The molecule has 7 heteroatoms. The van der Waals surface area contributed by atoms with E-state index in [2.05, 4.69) is 5.32 Å². The fourth-order valence-electron chi connectivity index (χ4n) is 3.52. The number of carbonyl (C=O) groups excluding carboxylic acids is 2. The molecule has 1 aliphatic heterocycles. The van der Waals surface area contributed by atoms with Gasteiger partial charge in [0, 0.05) is 0 Å². The van der Waals surface area contributed by atoms with Gasteiger partial charge in [0.2, 0.25) is 0 Å². The van der Waals surface area contributed by atoms with Gasteiger partial charge in [0.05, 0.1) is 38.3 Å². The van der Waals surface area contributed by atoms with Crippen LogP contribution in [0.1, 0.15) is 5.56 Å². The van der Waals surface area contributed by atoms with Crippen LogP contribution in [0.4, 0.5) is 11.4 Å². The van der Waals surface area contributed by atoms with E-state index in [1.165, 1.54) is 0 Å². The van der Waals surface area contributed by atoms with E-state index < -0.39 is 11.8 Å². The number of ether oxygens (including phenoxy) is 3. The Morgan fingerprint density at radius 1 is 0.688 bits per heavy atom. The van der Waals surface area contributed by atoms with Crippen LogP contribution in [-0.2, 0) is 9.59 Å². The highest BCUT2D eigenvalue weighted by atomic mass is 16.5. The van der Waals surface area contributed by atoms with Crippen molar-refractivity contribution in [3.8, 4) is 17.2 Å². The van der Waals surface area contributed by atoms with Gasteiger partial charge in [-0.1, -0.05) is 24.3 Å². The molecular formula is C25H22N2O5. The Labute approximate surface area is 185 Å². The van der Waals surface area contributed by atoms with Crippen LogP contribution in [-0.4, -0.2) is 33.1 Å². The molecule has 0 aromatic heterocycles. The van der Waals surface area contributed by atoms with Gasteiger partial charge in [0.15, 0.2) is 0 Å². The summed E-state index contributed by atoms with van der Waals surface area (Å²) in [7, 11) is 4.67. The van der Waals surface area contributed by atoms with Crippen LogP contribution in [0.5, 0.6) is 17.2 Å². The average molecular weight is 430 g/mol. The number of rotatable bonds is 7. The summed E-state index contributed by atoms with van der Waals surface area (Å²) in [6.45, 7) is 0. The Kier molecular flexibility index (Phi) is 5.81. The molecule has 32 heavy (non-hydrogen) atoms. The lowest BCUT2D eigenvalue weighted by molar-refractivity contribution is -0.120. The molecule has 0 bridgehead atoms. The maximum atomic E-state index is 13.5. The van der Waals surface area contributed by atoms with E-state index >= 15 is 0 Å². The highest BCUT2D eigenvalue weighted by molar-refractivity contribution is 6.46. The van der Waals surface area contributed by atoms with Crippen molar-refractivity contribution >= 4 is 28.8 Å². The van der Waals surface area contributed by atoms with Crippen molar-refractivity contribution in [3.05, 3.63) is 84.1 Å². The molecule has 2 amide bonds. The first-order chi connectivity index (χ1) is 15.6. The number of imide groups is 1. The second-order valence-corrected chi connectivity index (χ2v) is 6.95. The van der Waals surface area contributed by atoms with Crippen molar-refractivity contribution in [1.82, 2.24) is 0 Å². The van der Waals surface area contributed by atoms with Gasteiger partial charge in [-0.25, -0.2) is 4.90 Å². The van der Waals surface area contributed by atoms with Crippen LogP contribution in [0.25, 0.3) is 5.57 Å². The first kappa shape index (κ1) is 21.0. The van der Waals surface area contributed by atoms with E-state index in [0.717, 1.165) is 4.90 Å². The third kappa shape index (κ3) is 3.76. The van der Waals surface area contributed by atoms with Gasteiger partial charge in [-0.05, 0) is 54.1 Å². The quantitative estimate of drug-likeness (QED) is 0.569. The highest BCUT2D eigenvalue weighted by Crippen LogP contribution is 2.36. The summed E-state index contributed by atoms with van der Waals surface area (Å²) >= 11 is 0. The number of methoxy groups -OCH3 is 3. The van der Waals surface area contributed by atoms with E-state index in [-0.39, 0.29) is 11.3 Å². The minimum atomic E-state index is -0.461. The number of hydrogen-bond acceptors (Lipinski definition) is 6. The SMILES string of the molecule is COc1ccc(C2=C(Nc3ccccc3OC)C(=O)N(c3ccc(OC)cc3)C2=O)cc1. The number of amides is 2. The average Bonchev–Trinajstić information content (AvgIpc) is 3.08. The van der Waals surface area contributed by atoms with Crippen LogP contribution in [0, 0.1) is 0 Å². The Balaban J connectivity index is 1.81. The Bertz CT molecular complexity index is 1180. The predicted molar refractivity (Wildman–Crippen MR) is 122 cm³/mol. The normalized spacial score (nSPS) is 13.4. The molecule has 4 rings (SSSR count). The number of benzene rings is 3. The van der Waals surface area contributed by atoms with Gasteiger partial charge in [0.25, 0.3) is 11.8 Å². The topological polar surface area (TPSA) is 77.1 Å².